The van der Waals surface area contributed by atoms with Gasteiger partial charge in [-0.3, -0.25) is 9.59 Å². The van der Waals surface area contributed by atoms with E-state index in [-0.39, 0.29) is 23.2 Å². The van der Waals surface area contributed by atoms with Crippen molar-refractivity contribution in [3.63, 3.8) is 0 Å². The van der Waals surface area contributed by atoms with Gasteiger partial charge in [0.1, 0.15) is 6.04 Å². The van der Waals surface area contributed by atoms with Gasteiger partial charge in [0.2, 0.25) is 5.91 Å². The first-order valence-electron chi connectivity index (χ1n) is 9.72. The normalized spacial score (nSPS) is 21.6. The van der Waals surface area contributed by atoms with Crippen molar-refractivity contribution < 1.29 is 27.5 Å². The number of rotatable bonds is 7. The first-order chi connectivity index (χ1) is 13.3. The summed E-state index contributed by atoms with van der Waals surface area (Å²) in [6, 6.07) is -1.76. The average Bonchev–Trinajstić information content (AvgIpc) is 3.46. The quantitative estimate of drug-likeness (QED) is 0.605. The van der Waals surface area contributed by atoms with Crippen LogP contribution in [-0.4, -0.2) is 74.9 Å². The lowest BCUT2D eigenvalue weighted by molar-refractivity contribution is -0.124. The van der Waals surface area contributed by atoms with Gasteiger partial charge >= 0.3 is 6.03 Å². The van der Waals surface area contributed by atoms with Crippen molar-refractivity contribution in [1.29, 1.82) is 0 Å². The minimum atomic E-state index is -3.52. The molecule has 0 spiro atoms. The first kappa shape index (κ1) is 20.8. The topological polar surface area (TPSA) is 122 Å². The standard InChI is InChI=1S/C18H27N3O6S/c22-16-4-2-1-3-14(16)19-17(23)15(12-28(25,26)11-13-5-6-13)20-18(24)21-7-9-27-10-8-21/h3,13,15H,1-2,4-12H2,(H,19,23)(H,20,24). The van der Waals surface area contributed by atoms with Gasteiger partial charge in [-0.2, -0.15) is 0 Å². The van der Waals surface area contributed by atoms with E-state index in [4.69, 9.17) is 4.74 Å². The Bertz CT molecular complexity index is 753. The molecule has 3 amide bonds. The summed E-state index contributed by atoms with van der Waals surface area (Å²) in [4.78, 5) is 38.7. The molecule has 10 heteroatoms. The van der Waals surface area contributed by atoms with Crippen LogP contribution in [0.3, 0.4) is 0 Å². The van der Waals surface area contributed by atoms with Crippen LogP contribution in [0.15, 0.2) is 11.8 Å². The van der Waals surface area contributed by atoms with E-state index >= 15 is 0 Å². The molecule has 28 heavy (non-hydrogen) atoms. The van der Waals surface area contributed by atoms with E-state index in [0.717, 1.165) is 19.3 Å². The maximum absolute atomic E-state index is 12.7. The lowest BCUT2D eigenvalue weighted by Crippen LogP contribution is -2.56. The molecule has 9 nitrogen and oxygen atoms in total. The number of ether oxygens (including phenoxy) is 1. The Morgan fingerprint density at radius 1 is 1.25 bits per heavy atom. The van der Waals surface area contributed by atoms with Crippen LogP contribution < -0.4 is 10.6 Å². The van der Waals surface area contributed by atoms with Crippen LogP contribution in [-0.2, 0) is 24.2 Å². The third-order valence-electron chi connectivity index (χ3n) is 5.03. The highest BCUT2D eigenvalue weighted by molar-refractivity contribution is 7.91. The van der Waals surface area contributed by atoms with Gasteiger partial charge in [-0.15, -0.1) is 0 Å². The van der Waals surface area contributed by atoms with E-state index < -0.39 is 33.6 Å². The van der Waals surface area contributed by atoms with Gasteiger partial charge in [0.05, 0.1) is 30.4 Å². The maximum atomic E-state index is 12.7. The van der Waals surface area contributed by atoms with E-state index in [0.29, 0.717) is 39.1 Å². The van der Waals surface area contributed by atoms with Crippen molar-refractivity contribution in [2.45, 2.75) is 38.1 Å². The van der Waals surface area contributed by atoms with E-state index in [1.165, 1.54) is 4.90 Å². The number of sulfone groups is 1. The van der Waals surface area contributed by atoms with E-state index in [1.807, 2.05) is 0 Å². The maximum Gasteiger partial charge on any atom is 0.318 e. The number of hydrogen-bond donors (Lipinski definition) is 2. The minimum Gasteiger partial charge on any atom is -0.378 e. The molecule has 156 valence electrons. The van der Waals surface area contributed by atoms with Crippen molar-refractivity contribution in [2.24, 2.45) is 5.92 Å². The number of nitrogens with one attached hydrogen (secondary N) is 2. The fraction of sp³-hybridized carbons (Fsp3) is 0.722. The number of amides is 3. The fourth-order valence-electron chi connectivity index (χ4n) is 3.25. The molecule has 0 radical (unpaired) electrons. The van der Waals surface area contributed by atoms with Crippen LogP contribution >= 0.6 is 0 Å². The van der Waals surface area contributed by atoms with Crippen molar-refractivity contribution in [1.82, 2.24) is 15.5 Å². The first-order valence-corrected chi connectivity index (χ1v) is 11.5. The van der Waals surface area contributed by atoms with Gasteiger partial charge in [-0.05, 0) is 31.6 Å². The number of hydrogen-bond acceptors (Lipinski definition) is 6. The Kier molecular flexibility index (Phi) is 6.71. The summed E-state index contributed by atoms with van der Waals surface area (Å²) in [5.41, 5.74) is 0.182. The van der Waals surface area contributed by atoms with Gasteiger partial charge in [0.15, 0.2) is 15.6 Å². The number of morpholine rings is 1. The van der Waals surface area contributed by atoms with E-state index in [1.54, 1.807) is 6.08 Å². The molecular formula is C18H27N3O6S. The molecule has 1 saturated heterocycles. The number of carbonyl (C=O) groups is 3. The summed E-state index contributed by atoms with van der Waals surface area (Å²) < 4.78 is 30.1. The van der Waals surface area contributed by atoms with Gasteiger partial charge in [-0.25, -0.2) is 13.2 Å². The molecule has 0 bridgehead atoms. The molecule has 1 aliphatic heterocycles. The molecule has 0 aromatic heterocycles. The molecule has 0 aromatic rings. The zero-order chi connectivity index (χ0) is 20.1. The minimum absolute atomic E-state index is 0.0197. The number of allylic oxidation sites excluding steroid dienone is 2. The molecule has 3 rings (SSSR count). The average molecular weight is 413 g/mol. The third kappa shape index (κ3) is 6.03. The zero-order valence-corrected chi connectivity index (χ0v) is 16.6. The van der Waals surface area contributed by atoms with Crippen LogP contribution in [0.4, 0.5) is 4.79 Å². The molecule has 1 unspecified atom stereocenters. The lowest BCUT2D eigenvalue weighted by atomic mass is 10.0. The highest BCUT2D eigenvalue weighted by Gasteiger charge is 2.34. The zero-order valence-electron chi connectivity index (χ0n) is 15.8. The summed E-state index contributed by atoms with van der Waals surface area (Å²) in [5.74, 6) is -1.17. The van der Waals surface area contributed by atoms with Gasteiger partial charge in [0.25, 0.3) is 0 Å². The van der Waals surface area contributed by atoms with Crippen LogP contribution in [0.25, 0.3) is 0 Å². The molecule has 2 N–H and O–H groups in total. The molecule has 1 heterocycles. The molecular weight excluding hydrogens is 386 g/mol. The summed E-state index contributed by atoms with van der Waals surface area (Å²) in [5, 5.41) is 5.06. The lowest BCUT2D eigenvalue weighted by Gasteiger charge is -2.29. The monoisotopic (exact) mass is 413 g/mol. The molecule has 2 fully saturated rings. The molecule has 1 saturated carbocycles. The van der Waals surface area contributed by atoms with Crippen molar-refractivity contribution in [2.75, 3.05) is 37.8 Å². The molecule has 3 aliphatic rings. The number of nitrogens with zero attached hydrogens (tertiary/aromatic N) is 1. The number of carbonyl (C=O) groups excluding carboxylic acids is 3. The highest BCUT2D eigenvalue weighted by Crippen LogP contribution is 2.30. The number of Topliss-reactive ketones (excluding diaryl/α,β-unsaturated/α-hetero) is 1. The number of ketones is 1. The van der Waals surface area contributed by atoms with Crippen LogP contribution in [0.2, 0.25) is 0 Å². The fourth-order valence-corrected chi connectivity index (χ4v) is 5.18. The summed E-state index contributed by atoms with van der Waals surface area (Å²) >= 11 is 0. The predicted molar refractivity (Wildman–Crippen MR) is 101 cm³/mol. The van der Waals surface area contributed by atoms with Gasteiger partial charge in [0, 0.05) is 19.5 Å². The second-order valence-electron chi connectivity index (χ2n) is 7.54. The smallest absolute Gasteiger partial charge is 0.318 e. The van der Waals surface area contributed by atoms with Crippen LogP contribution in [0.1, 0.15) is 32.1 Å². The summed E-state index contributed by atoms with van der Waals surface area (Å²) in [7, 11) is -3.52. The van der Waals surface area contributed by atoms with Crippen molar-refractivity contribution in [3.8, 4) is 0 Å². The molecule has 1 atom stereocenters. The molecule has 0 aromatic carbocycles. The van der Waals surface area contributed by atoms with E-state index in [2.05, 4.69) is 10.6 Å². The Balaban J connectivity index is 1.68. The van der Waals surface area contributed by atoms with E-state index in [9.17, 15) is 22.8 Å². The Morgan fingerprint density at radius 3 is 2.61 bits per heavy atom. The largest absolute Gasteiger partial charge is 0.378 e. The Labute approximate surface area is 164 Å². The van der Waals surface area contributed by atoms with Gasteiger partial charge in [-0.1, -0.05) is 6.08 Å². The summed E-state index contributed by atoms with van der Waals surface area (Å²) in [6.07, 6.45) is 5.13. The third-order valence-corrected chi connectivity index (χ3v) is 6.85. The van der Waals surface area contributed by atoms with Crippen LogP contribution in [0, 0.1) is 5.92 Å². The molecule has 2 aliphatic carbocycles. The second kappa shape index (κ2) is 9.04. The van der Waals surface area contributed by atoms with Gasteiger partial charge < -0.3 is 20.3 Å². The second-order valence-corrected chi connectivity index (χ2v) is 9.70. The Hall–Kier alpha value is -1.94. The SMILES string of the molecule is O=C1CCCC=C1NC(=O)C(CS(=O)(=O)CC1CC1)NC(=O)N1CCOCC1. The number of urea groups is 1. The van der Waals surface area contributed by atoms with Crippen molar-refractivity contribution in [3.05, 3.63) is 11.8 Å². The predicted octanol–water partition coefficient (Wildman–Crippen LogP) is -0.0253. The highest BCUT2D eigenvalue weighted by atomic mass is 32.2. The Morgan fingerprint density at radius 2 is 1.96 bits per heavy atom. The van der Waals surface area contributed by atoms with Crippen LogP contribution in [0.5, 0.6) is 0 Å². The summed E-state index contributed by atoms with van der Waals surface area (Å²) in [6.45, 7) is 1.54. The van der Waals surface area contributed by atoms with Crippen molar-refractivity contribution >= 4 is 27.6 Å².